The van der Waals surface area contributed by atoms with Crippen LogP contribution >= 0.6 is 0 Å². The molecule has 1 aromatic heterocycles. The number of nitrogens with one attached hydrogen (secondary N) is 1. The molecule has 0 aromatic carbocycles. The van der Waals surface area contributed by atoms with Gasteiger partial charge in [-0.2, -0.15) is 0 Å². The van der Waals surface area contributed by atoms with Crippen LogP contribution in [0.2, 0.25) is 0 Å². The van der Waals surface area contributed by atoms with Gasteiger partial charge < -0.3 is 19.6 Å². The van der Waals surface area contributed by atoms with Crippen molar-refractivity contribution in [1.82, 2.24) is 10.3 Å². The number of oxazole rings is 1. The Bertz CT molecular complexity index is 226. The first-order chi connectivity index (χ1) is 6.83. The van der Waals surface area contributed by atoms with Crippen molar-refractivity contribution in [2.75, 3.05) is 20.3 Å². The number of aliphatic hydroxyl groups excluding tert-OH is 1. The second-order valence-corrected chi connectivity index (χ2v) is 3.04. The Balaban J connectivity index is 1.99. The maximum absolute atomic E-state index is 9.31. The van der Waals surface area contributed by atoms with Crippen LogP contribution in [-0.4, -0.2) is 36.5 Å². The predicted octanol–water partition coefficient (Wildman–Crippen LogP) is 0.162. The molecule has 1 atom stereocenters. The van der Waals surface area contributed by atoms with Gasteiger partial charge in [-0.15, -0.1) is 0 Å². The van der Waals surface area contributed by atoms with Gasteiger partial charge in [0.05, 0.1) is 25.5 Å². The maximum Gasteiger partial charge on any atom is 0.180 e. The van der Waals surface area contributed by atoms with Crippen molar-refractivity contribution in [3.8, 4) is 0 Å². The molecule has 0 spiro atoms. The fourth-order valence-electron chi connectivity index (χ4n) is 1.09. The van der Waals surface area contributed by atoms with Crippen LogP contribution in [0.25, 0.3) is 0 Å². The minimum atomic E-state index is -0.401. The van der Waals surface area contributed by atoms with Crippen molar-refractivity contribution in [1.29, 1.82) is 0 Å². The summed E-state index contributed by atoms with van der Waals surface area (Å²) in [7, 11) is 1.57. The van der Waals surface area contributed by atoms with Crippen LogP contribution in [0, 0.1) is 0 Å². The molecule has 80 valence electrons. The zero-order chi connectivity index (χ0) is 10.2. The molecule has 14 heavy (non-hydrogen) atoms. The van der Waals surface area contributed by atoms with Gasteiger partial charge in [-0.1, -0.05) is 0 Å². The second kappa shape index (κ2) is 6.53. The summed E-state index contributed by atoms with van der Waals surface area (Å²) in [5.41, 5.74) is 0. The summed E-state index contributed by atoms with van der Waals surface area (Å²) in [5.74, 6) is 0.797. The predicted molar refractivity (Wildman–Crippen MR) is 50.7 cm³/mol. The van der Waals surface area contributed by atoms with Crippen molar-refractivity contribution in [2.24, 2.45) is 0 Å². The van der Waals surface area contributed by atoms with Gasteiger partial charge in [0, 0.05) is 7.11 Å². The monoisotopic (exact) mass is 200 g/mol. The lowest BCUT2D eigenvalue weighted by atomic mass is 10.2. The molecule has 0 saturated heterocycles. The molecule has 0 fully saturated rings. The highest BCUT2D eigenvalue weighted by molar-refractivity contribution is 4.86. The summed E-state index contributed by atoms with van der Waals surface area (Å²) in [4.78, 5) is 3.79. The van der Waals surface area contributed by atoms with Crippen molar-refractivity contribution >= 4 is 0 Å². The van der Waals surface area contributed by atoms with Crippen LogP contribution in [0.4, 0.5) is 0 Å². The highest BCUT2D eigenvalue weighted by atomic mass is 16.5. The van der Waals surface area contributed by atoms with Crippen LogP contribution in [-0.2, 0) is 11.3 Å². The number of methoxy groups -OCH3 is 1. The molecule has 1 heterocycles. The van der Waals surface area contributed by atoms with Crippen LogP contribution in [0.1, 0.15) is 12.2 Å². The normalized spacial score (nSPS) is 13.0. The molecule has 2 N–H and O–H groups in total. The zero-order valence-corrected chi connectivity index (χ0v) is 8.27. The Labute approximate surface area is 83.1 Å². The van der Waals surface area contributed by atoms with Gasteiger partial charge in [0.1, 0.15) is 5.76 Å². The quantitative estimate of drug-likeness (QED) is 0.614. The molecule has 0 saturated carbocycles. The van der Waals surface area contributed by atoms with E-state index >= 15 is 0 Å². The molecule has 1 unspecified atom stereocenters. The summed E-state index contributed by atoms with van der Waals surface area (Å²) in [6.07, 6.45) is 3.33. The zero-order valence-electron chi connectivity index (χ0n) is 8.27. The molecule has 0 aliphatic carbocycles. The highest BCUT2D eigenvalue weighted by Gasteiger charge is 2.02. The Hall–Kier alpha value is -0.910. The van der Waals surface area contributed by atoms with Crippen LogP contribution in [0.5, 0.6) is 0 Å². The largest absolute Gasteiger partial charge is 0.447 e. The molecule has 5 heteroatoms. The first kappa shape index (κ1) is 11.2. The number of hydrogen-bond acceptors (Lipinski definition) is 5. The lowest BCUT2D eigenvalue weighted by Gasteiger charge is -2.08. The van der Waals surface area contributed by atoms with Crippen LogP contribution < -0.4 is 5.32 Å². The Morgan fingerprint density at radius 1 is 1.71 bits per heavy atom. The summed E-state index contributed by atoms with van der Waals surface area (Å²) in [6, 6.07) is 0. The minimum Gasteiger partial charge on any atom is -0.447 e. The minimum absolute atomic E-state index is 0.379. The molecule has 0 amide bonds. The average molecular weight is 200 g/mol. The highest BCUT2D eigenvalue weighted by Crippen LogP contribution is 1.95. The maximum atomic E-state index is 9.31. The van der Waals surface area contributed by atoms with E-state index in [-0.39, 0.29) is 0 Å². The van der Waals surface area contributed by atoms with E-state index in [0.717, 1.165) is 12.3 Å². The first-order valence-electron chi connectivity index (χ1n) is 4.58. The number of nitrogens with zero attached hydrogens (tertiary/aromatic N) is 1. The topological polar surface area (TPSA) is 67.5 Å². The van der Waals surface area contributed by atoms with E-state index in [2.05, 4.69) is 10.3 Å². The van der Waals surface area contributed by atoms with Gasteiger partial charge in [-0.25, -0.2) is 4.98 Å². The third-order valence-corrected chi connectivity index (χ3v) is 1.80. The number of aromatic nitrogens is 1. The number of aliphatic hydroxyl groups is 1. The number of hydrogen-bond donors (Lipinski definition) is 2. The van der Waals surface area contributed by atoms with Crippen molar-refractivity contribution in [2.45, 2.75) is 19.1 Å². The Morgan fingerprint density at radius 2 is 2.57 bits per heavy atom. The van der Waals surface area contributed by atoms with E-state index in [0.29, 0.717) is 19.6 Å². The van der Waals surface area contributed by atoms with Crippen LogP contribution in [0.3, 0.4) is 0 Å². The fraction of sp³-hybridized carbons (Fsp3) is 0.667. The summed E-state index contributed by atoms with van der Waals surface area (Å²) < 4.78 is 9.83. The lowest BCUT2D eigenvalue weighted by Crippen LogP contribution is -2.22. The Morgan fingerprint density at radius 3 is 3.21 bits per heavy atom. The summed E-state index contributed by atoms with van der Waals surface area (Å²) >= 11 is 0. The molecular formula is C9H16N2O3. The van der Waals surface area contributed by atoms with Gasteiger partial charge in [0.15, 0.2) is 6.39 Å². The van der Waals surface area contributed by atoms with Gasteiger partial charge >= 0.3 is 0 Å². The molecule has 0 aliphatic rings. The van der Waals surface area contributed by atoms with E-state index in [1.807, 2.05) is 0 Å². The van der Waals surface area contributed by atoms with Crippen molar-refractivity contribution < 1.29 is 14.3 Å². The van der Waals surface area contributed by atoms with Gasteiger partial charge in [-0.05, 0) is 13.0 Å². The average Bonchev–Trinajstić information content (AvgIpc) is 2.65. The van der Waals surface area contributed by atoms with Crippen LogP contribution in [0.15, 0.2) is 17.0 Å². The molecular weight excluding hydrogens is 184 g/mol. The number of rotatable bonds is 7. The summed E-state index contributed by atoms with van der Waals surface area (Å²) in [5, 5.41) is 12.4. The van der Waals surface area contributed by atoms with E-state index < -0.39 is 6.10 Å². The molecule has 1 rings (SSSR count). The second-order valence-electron chi connectivity index (χ2n) is 3.04. The third-order valence-electron chi connectivity index (χ3n) is 1.80. The molecule has 1 aromatic rings. The van der Waals surface area contributed by atoms with Gasteiger partial charge in [0.2, 0.25) is 0 Å². The summed E-state index contributed by atoms with van der Waals surface area (Å²) in [6.45, 7) is 1.74. The first-order valence-corrected chi connectivity index (χ1v) is 4.58. The van der Waals surface area contributed by atoms with E-state index in [1.54, 1.807) is 13.3 Å². The fourth-order valence-corrected chi connectivity index (χ4v) is 1.09. The molecule has 0 aliphatic heterocycles. The van der Waals surface area contributed by atoms with Crippen molar-refractivity contribution in [3.63, 3.8) is 0 Å². The standard InChI is InChI=1S/C9H16N2O3/c1-13-6-8(12)2-3-10-4-9-5-11-7-14-9/h5,7-8,10,12H,2-4,6H2,1H3. The Kier molecular flexibility index (Phi) is 5.21. The molecule has 0 radical (unpaired) electrons. The van der Waals surface area contributed by atoms with E-state index in [1.165, 1.54) is 6.39 Å². The lowest BCUT2D eigenvalue weighted by molar-refractivity contribution is 0.0593. The third kappa shape index (κ3) is 4.36. The SMILES string of the molecule is COCC(O)CCNCc1cnco1. The van der Waals surface area contributed by atoms with Crippen molar-refractivity contribution in [3.05, 3.63) is 18.4 Å². The molecule has 5 nitrogen and oxygen atoms in total. The van der Waals surface area contributed by atoms with Gasteiger partial charge in [0.25, 0.3) is 0 Å². The number of ether oxygens (including phenoxy) is 1. The molecule has 0 bridgehead atoms. The van der Waals surface area contributed by atoms with E-state index in [9.17, 15) is 5.11 Å². The van der Waals surface area contributed by atoms with Gasteiger partial charge in [-0.3, -0.25) is 0 Å². The smallest absolute Gasteiger partial charge is 0.180 e. The van der Waals surface area contributed by atoms with E-state index in [4.69, 9.17) is 9.15 Å².